The zero-order valence-corrected chi connectivity index (χ0v) is 20.8. The molecule has 1 aliphatic heterocycles. The standard InChI is InChI=1S/C25H28N2O7S/c1-25(2,3)34-23(30)26-19(22(29)32-4)13-15-5-9-17(10-6-15)33-18-11-7-16(8-12-18)14-20-21(28)27-24(31)35-20/h5-12,19-20H,13-14H2,1-4H3,(H,26,30)(H,27,28,31). The van der Waals surface area contributed by atoms with Crippen molar-refractivity contribution in [2.45, 2.75) is 50.5 Å². The Morgan fingerprint density at radius 3 is 2.06 bits per heavy atom. The molecule has 186 valence electrons. The first-order valence-corrected chi connectivity index (χ1v) is 11.8. The Bertz CT molecular complexity index is 1080. The van der Waals surface area contributed by atoms with Crippen molar-refractivity contribution in [2.24, 2.45) is 0 Å². The molecule has 2 N–H and O–H groups in total. The van der Waals surface area contributed by atoms with Crippen molar-refractivity contribution in [3.05, 3.63) is 59.7 Å². The number of esters is 1. The highest BCUT2D eigenvalue weighted by atomic mass is 32.2. The predicted octanol–water partition coefficient (Wildman–Crippen LogP) is 3.98. The summed E-state index contributed by atoms with van der Waals surface area (Å²) in [6.45, 7) is 5.21. The molecule has 0 radical (unpaired) electrons. The van der Waals surface area contributed by atoms with E-state index in [1.54, 1.807) is 57.2 Å². The van der Waals surface area contributed by atoms with Crippen LogP contribution in [0.4, 0.5) is 9.59 Å². The third-order valence-corrected chi connectivity index (χ3v) is 5.87. The summed E-state index contributed by atoms with van der Waals surface area (Å²) in [6.07, 6.45) is -0.0263. The zero-order valence-electron chi connectivity index (χ0n) is 20.0. The van der Waals surface area contributed by atoms with Gasteiger partial charge in [0.2, 0.25) is 5.91 Å². The molecule has 2 aromatic carbocycles. The van der Waals surface area contributed by atoms with E-state index in [9.17, 15) is 19.2 Å². The van der Waals surface area contributed by atoms with Gasteiger partial charge < -0.3 is 19.5 Å². The van der Waals surface area contributed by atoms with Crippen LogP contribution in [-0.4, -0.2) is 47.2 Å². The first-order valence-electron chi connectivity index (χ1n) is 11.0. The van der Waals surface area contributed by atoms with Crippen LogP contribution in [0.25, 0.3) is 0 Å². The average molecular weight is 501 g/mol. The van der Waals surface area contributed by atoms with Crippen molar-refractivity contribution in [2.75, 3.05) is 7.11 Å². The lowest BCUT2D eigenvalue weighted by atomic mass is 10.1. The molecule has 2 aromatic rings. The summed E-state index contributed by atoms with van der Waals surface area (Å²) in [5, 5.41) is 4.10. The van der Waals surface area contributed by atoms with E-state index in [0.29, 0.717) is 17.9 Å². The first-order chi connectivity index (χ1) is 16.5. The maximum atomic E-state index is 12.1. The van der Waals surface area contributed by atoms with Crippen LogP contribution in [-0.2, 0) is 31.9 Å². The molecule has 1 aliphatic rings. The van der Waals surface area contributed by atoms with Gasteiger partial charge >= 0.3 is 12.1 Å². The lowest BCUT2D eigenvalue weighted by Gasteiger charge is -2.22. The molecule has 10 heteroatoms. The monoisotopic (exact) mass is 500 g/mol. The van der Waals surface area contributed by atoms with E-state index in [1.165, 1.54) is 7.11 Å². The SMILES string of the molecule is COC(=O)C(Cc1ccc(Oc2ccc(CC3SC(=O)NC3=O)cc2)cc1)NC(=O)OC(C)(C)C. The van der Waals surface area contributed by atoms with Gasteiger partial charge in [0.1, 0.15) is 23.1 Å². The summed E-state index contributed by atoms with van der Waals surface area (Å²) in [5.41, 5.74) is 1.02. The lowest BCUT2D eigenvalue weighted by molar-refractivity contribution is -0.143. The van der Waals surface area contributed by atoms with Gasteiger partial charge in [0, 0.05) is 6.42 Å². The summed E-state index contributed by atoms with van der Waals surface area (Å²) in [5.74, 6) is 0.359. The Hall–Kier alpha value is -3.53. The van der Waals surface area contributed by atoms with Crippen LogP contribution in [0.3, 0.4) is 0 Å². The van der Waals surface area contributed by atoms with Crippen LogP contribution in [0.1, 0.15) is 31.9 Å². The van der Waals surface area contributed by atoms with E-state index in [0.717, 1.165) is 22.9 Å². The van der Waals surface area contributed by atoms with Gasteiger partial charge in [0.25, 0.3) is 5.24 Å². The minimum atomic E-state index is -0.899. The molecule has 0 aromatic heterocycles. The highest BCUT2D eigenvalue weighted by Crippen LogP contribution is 2.26. The Kier molecular flexibility index (Phi) is 8.39. The Morgan fingerprint density at radius 2 is 1.57 bits per heavy atom. The van der Waals surface area contributed by atoms with Gasteiger partial charge in [-0.2, -0.15) is 0 Å². The summed E-state index contributed by atoms with van der Waals surface area (Å²) < 4.78 is 15.9. The highest BCUT2D eigenvalue weighted by molar-refractivity contribution is 8.15. The molecule has 1 heterocycles. The van der Waals surface area contributed by atoms with Gasteiger partial charge in [-0.15, -0.1) is 0 Å². The fraction of sp³-hybridized carbons (Fsp3) is 0.360. The number of methoxy groups -OCH3 is 1. The van der Waals surface area contributed by atoms with Crippen molar-refractivity contribution in [1.29, 1.82) is 0 Å². The molecule has 2 unspecified atom stereocenters. The van der Waals surface area contributed by atoms with Crippen LogP contribution in [0.2, 0.25) is 0 Å². The number of alkyl carbamates (subject to hydrolysis) is 1. The fourth-order valence-corrected chi connectivity index (χ4v) is 4.15. The molecule has 0 spiro atoms. The topological polar surface area (TPSA) is 120 Å². The Morgan fingerprint density at radius 1 is 1.00 bits per heavy atom. The quantitative estimate of drug-likeness (QED) is 0.522. The van der Waals surface area contributed by atoms with Crippen LogP contribution in [0.5, 0.6) is 11.5 Å². The van der Waals surface area contributed by atoms with Crippen molar-refractivity contribution < 1.29 is 33.4 Å². The van der Waals surface area contributed by atoms with Gasteiger partial charge in [-0.05, 0) is 62.6 Å². The number of amides is 3. The van der Waals surface area contributed by atoms with Crippen LogP contribution in [0, 0.1) is 0 Å². The number of benzene rings is 2. The Labute approximate surface area is 207 Å². The van der Waals surface area contributed by atoms with Gasteiger partial charge in [-0.1, -0.05) is 36.0 Å². The zero-order chi connectivity index (χ0) is 25.6. The van der Waals surface area contributed by atoms with E-state index in [-0.39, 0.29) is 17.6 Å². The van der Waals surface area contributed by atoms with Crippen LogP contribution in [0.15, 0.2) is 48.5 Å². The van der Waals surface area contributed by atoms with Gasteiger partial charge in [-0.3, -0.25) is 14.9 Å². The number of hydrogen-bond donors (Lipinski definition) is 2. The van der Waals surface area contributed by atoms with Gasteiger partial charge in [0.05, 0.1) is 12.4 Å². The maximum absolute atomic E-state index is 12.1. The highest BCUT2D eigenvalue weighted by Gasteiger charge is 2.31. The number of rotatable bonds is 8. The molecule has 3 amide bonds. The molecular weight excluding hydrogens is 472 g/mol. The number of ether oxygens (including phenoxy) is 3. The maximum Gasteiger partial charge on any atom is 0.408 e. The normalized spacial score (nSPS) is 16.3. The number of nitrogens with one attached hydrogen (secondary N) is 2. The summed E-state index contributed by atoms with van der Waals surface area (Å²) in [6, 6.07) is 13.5. The largest absolute Gasteiger partial charge is 0.467 e. The number of carbonyl (C=O) groups is 4. The first kappa shape index (κ1) is 26.1. The van der Waals surface area contributed by atoms with E-state index >= 15 is 0 Å². The second-order valence-corrected chi connectivity index (χ2v) is 10.1. The van der Waals surface area contributed by atoms with Crippen molar-refractivity contribution in [1.82, 2.24) is 10.6 Å². The molecule has 0 saturated carbocycles. The van der Waals surface area contributed by atoms with Gasteiger partial charge in [0.15, 0.2) is 0 Å². The third-order valence-electron chi connectivity index (χ3n) is 4.89. The van der Waals surface area contributed by atoms with E-state index < -0.39 is 29.0 Å². The number of hydrogen-bond acceptors (Lipinski definition) is 8. The molecule has 2 atom stereocenters. The summed E-state index contributed by atoms with van der Waals surface area (Å²) in [4.78, 5) is 47.3. The number of carbonyl (C=O) groups excluding carboxylic acids is 4. The van der Waals surface area contributed by atoms with Gasteiger partial charge in [-0.25, -0.2) is 9.59 Å². The van der Waals surface area contributed by atoms with Crippen molar-refractivity contribution >= 4 is 35.0 Å². The molecule has 35 heavy (non-hydrogen) atoms. The van der Waals surface area contributed by atoms with Crippen LogP contribution < -0.4 is 15.4 Å². The smallest absolute Gasteiger partial charge is 0.408 e. The van der Waals surface area contributed by atoms with E-state index in [4.69, 9.17) is 14.2 Å². The molecule has 9 nitrogen and oxygen atoms in total. The van der Waals surface area contributed by atoms with Crippen molar-refractivity contribution in [3.8, 4) is 11.5 Å². The fourth-order valence-electron chi connectivity index (χ4n) is 3.29. The van der Waals surface area contributed by atoms with Crippen LogP contribution >= 0.6 is 11.8 Å². The molecule has 3 rings (SSSR count). The number of thioether (sulfide) groups is 1. The van der Waals surface area contributed by atoms with Crippen molar-refractivity contribution in [3.63, 3.8) is 0 Å². The third kappa shape index (κ3) is 8.03. The predicted molar refractivity (Wildman–Crippen MR) is 130 cm³/mol. The van der Waals surface area contributed by atoms with E-state index in [1.807, 2.05) is 12.1 Å². The summed E-state index contributed by atoms with van der Waals surface area (Å²) in [7, 11) is 1.26. The second kappa shape index (κ2) is 11.3. The molecular formula is C25H28N2O7S. The molecule has 0 aliphatic carbocycles. The minimum Gasteiger partial charge on any atom is -0.467 e. The molecule has 1 saturated heterocycles. The molecule has 0 bridgehead atoms. The average Bonchev–Trinajstić information content (AvgIpc) is 3.10. The minimum absolute atomic E-state index is 0.218. The Balaban J connectivity index is 1.57. The summed E-state index contributed by atoms with van der Waals surface area (Å²) >= 11 is 0.999. The second-order valence-electron chi connectivity index (χ2n) is 8.90. The molecule has 1 fully saturated rings. The van der Waals surface area contributed by atoms with E-state index in [2.05, 4.69) is 10.6 Å². The number of imide groups is 1. The lowest BCUT2D eigenvalue weighted by Crippen LogP contribution is -2.45.